The van der Waals surface area contributed by atoms with Crippen LogP contribution < -0.4 is 0 Å². The Kier molecular flexibility index (Phi) is 4.67. The Hall–Kier alpha value is -1.48. The molecule has 0 aromatic carbocycles. The maximum absolute atomic E-state index is 12.1. The Morgan fingerprint density at radius 1 is 1.35 bits per heavy atom. The minimum atomic E-state index is -3.13. The molecule has 2 saturated heterocycles. The van der Waals surface area contributed by atoms with Gasteiger partial charge in [0.1, 0.15) is 5.69 Å². The van der Waals surface area contributed by atoms with E-state index in [1.165, 1.54) is 4.31 Å². The van der Waals surface area contributed by atoms with Gasteiger partial charge in [-0.1, -0.05) is 18.6 Å². The number of amides is 1. The Bertz CT molecular complexity index is 666. The number of sulfonamides is 1. The lowest BCUT2D eigenvalue weighted by atomic mass is 10.2. The first kappa shape index (κ1) is 16.4. The maximum atomic E-state index is 12.1. The van der Waals surface area contributed by atoms with Crippen LogP contribution in [0.5, 0.6) is 0 Å². The zero-order chi connectivity index (χ0) is 16.4. The van der Waals surface area contributed by atoms with Crippen LogP contribution in [0.2, 0.25) is 0 Å². The predicted octanol–water partition coefficient (Wildman–Crippen LogP) is 0.387. The predicted molar refractivity (Wildman–Crippen MR) is 84.0 cm³/mol. The minimum Gasteiger partial charge on any atom is -0.337 e. The molecular formula is C14H23N5O3S. The number of carbonyl (C=O) groups is 1. The lowest BCUT2D eigenvalue weighted by Gasteiger charge is -2.37. The summed E-state index contributed by atoms with van der Waals surface area (Å²) >= 11 is 0. The van der Waals surface area contributed by atoms with Crippen LogP contribution in [0.3, 0.4) is 0 Å². The smallest absolute Gasteiger partial charge is 0.222 e. The van der Waals surface area contributed by atoms with Crippen molar-refractivity contribution in [2.45, 2.75) is 45.2 Å². The molecule has 0 spiro atoms. The number of aromatic nitrogens is 3. The SMILES string of the molecule is CCCCS(=O)(=O)N1CC(n2cc(CN3CCCC3=O)nn2)C1. The highest BCUT2D eigenvalue weighted by Crippen LogP contribution is 2.24. The van der Waals surface area contributed by atoms with Crippen molar-refractivity contribution in [2.75, 3.05) is 25.4 Å². The van der Waals surface area contributed by atoms with Gasteiger partial charge in [0.25, 0.3) is 0 Å². The second-order valence-corrected chi connectivity index (χ2v) is 8.34. The number of unbranched alkanes of at least 4 members (excludes halogenated alkanes) is 1. The molecule has 0 N–H and O–H groups in total. The minimum absolute atomic E-state index is 0.0435. The largest absolute Gasteiger partial charge is 0.337 e. The molecule has 0 bridgehead atoms. The van der Waals surface area contributed by atoms with Gasteiger partial charge in [0.05, 0.1) is 24.5 Å². The lowest BCUT2D eigenvalue weighted by Crippen LogP contribution is -2.51. The summed E-state index contributed by atoms with van der Waals surface area (Å²) in [6, 6.07) is 0.0435. The van der Waals surface area contributed by atoms with Crippen LogP contribution in [-0.2, 0) is 21.4 Å². The summed E-state index contributed by atoms with van der Waals surface area (Å²) in [6.07, 6.45) is 4.91. The van der Waals surface area contributed by atoms with Crippen LogP contribution in [-0.4, -0.2) is 63.9 Å². The van der Waals surface area contributed by atoms with E-state index in [4.69, 9.17) is 0 Å². The van der Waals surface area contributed by atoms with Crippen LogP contribution in [0, 0.1) is 0 Å². The monoisotopic (exact) mass is 341 g/mol. The lowest BCUT2D eigenvalue weighted by molar-refractivity contribution is -0.128. The van der Waals surface area contributed by atoms with Gasteiger partial charge in [0.15, 0.2) is 0 Å². The Morgan fingerprint density at radius 2 is 2.13 bits per heavy atom. The Labute approximate surface area is 136 Å². The van der Waals surface area contributed by atoms with E-state index in [2.05, 4.69) is 10.3 Å². The summed E-state index contributed by atoms with van der Waals surface area (Å²) < 4.78 is 27.3. The van der Waals surface area contributed by atoms with Gasteiger partial charge in [-0.05, 0) is 12.8 Å². The van der Waals surface area contributed by atoms with Crippen LogP contribution in [0.25, 0.3) is 0 Å². The fourth-order valence-electron chi connectivity index (χ4n) is 2.90. The number of carbonyl (C=O) groups excluding carboxylic acids is 1. The number of likely N-dealkylation sites (tertiary alicyclic amines) is 1. The molecule has 3 heterocycles. The summed E-state index contributed by atoms with van der Waals surface area (Å²) in [5.41, 5.74) is 0.757. The average Bonchev–Trinajstić information content (AvgIpc) is 3.06. The van der Waals surface area contributed by atoms with E-state index >= 15 is 0 Å². The average molecular weight is 341 g/mol. The zero-order valence-electron chi connectivity index (χ0n) is 13.4. The van der Waals surface area contributed by atoms with Crippen LogP contribution in [0.4, 0.5) is 0 Å². The third-order valence-corrected chi connectivity index (χ3v) is 6.32. The van der Waals surface area contributed by atoms with Crippen molar-refractivity contribution in [1.29, 1.82) is 0 Å². The van der Waals surface area contributed by atoms with Crippen molar-refractivity contribution in [3.8, 4) is 0 Å². The molecule has 0 atom stereocenters. The van der Waals surface area contributed by atoms with Crippen molar-refractivity contribution < 1.29 is 13.2 Å². The van der Waals surface area contributed by atoms with E-state index in [0.717, 1.165) is 25.1 Å². The molecule has 23 heavy (non-hydrogen) atoms. The molecule has 1 aromatic heterocycles. The molecule has 2 aliphatic heterocycles. The molecule has 8 nitrogen and oxygen atoms in total. The second kappa shape index (κ2) is 6.56. The zero-order valence-corrected chi connectivity index (χ0v) is 14.2. The van der Waals surface area contributed by atoms with E-state index in [9.17, 15) is 13.2 Å². The van der Waals surface area contributed by atoms with Crippen molar-refractivity contribution in [3.63, 3.8) is 0 Å². The van der Waals surface area contributed by atoms with Crippen molar-refractivity contribution in [3.05, 3.63) is 11.9 Å². The Balaban J connectivity index is 1.53. The summed E-state index contributed by atoms with van der Waals surface area (Å²) in [6.45, 7) is 4.16. The molecule has 2 fully saturated rings. The third kappa shape index (κ3) is 3.55. The van der Waals surface area contributed by atoms with Crippen LogP contribution >= 0.6 is 0 Å². The summed E-state index contributed by atoms with van der Waals surface area (Å²) in [5.74, 6) is 0.381. The molecule has 3 rings (SSSR count). The topological polar surface area (TPSA) is 88.4 Å². The van der Waals surface area contributed by atoms with E-state index < -0.39 is 10.0 Å². The fourth-order valence-corrected chi connectivity index (χ4v) is 4.61. The van der Waals surface area contributed by atoms with Gasteiger partial charge >= 0.3 is 0 Å². The molecule has 0 saturated carbocycles. The summed E-state index contributed by atoms with van der Waals surface area (Å²) in [4.78, 5) is 13.4. The standard InChI is InChI=1S/C14H23N5O3S/c1-2-3-7-23(21,22)18-10-13(11-18)19-9-12(15-16-19)8-17-6-4-5-14(17)20/h9,13H,2-8,10-11H2,1H3. The normalized spacial score (nSPS) is 20.2. The van der Waals surface area contributed by atoms with Crippen molar-refractivity contribution >= 4 is 15.9 Å². The highest BCUT2D eigenvalue weighted by atomic mass is 32.2. The van der Waals surface area contributed by atoms with Gasteiger partial charge in [-0.3, -0.25) is 4.79 Å². The highest BCUT2D eigenvalue weighted by molar-refractivity contribution is 7.89. The van der Waals surface area contributed by atoms with Crippen molar-refractivity contribution in [1.82, 2.24) is 24.2 Å². The van der Waals surface area contributed by atoms with Crippen molar-refractivity contribution in [2.24, 2.45) is 0 Å². The molecule has 1 aromatic rings. The first-order valence-electron chi connectivity index (χ1n) is 8.16. The molecule has 9 heteroatoms. The molecule has 0 aliphatic carbocycles. The van der Waals surface area contributed by atoms with E-state index in [1.807, 2.05) is 13.1 Å². The van der Waals surface area contributed by atoms with Crippen LogP contribution in [0.15, 0.2) is 6.20 Å². The maximum Gasteiger partial charge on any atom is 0.222 e. The number of hydrogen-bond donors (Lipinski definition) is 0. The first-order valence-corrected chi connectivity index (χ1v) is 9.77. The third-order valence-electron chi connectivity index (χ3n) is 4.43. The van der Waals surface area contributed by atoms with Gasteiger partial charge in [-0.25, -0.2) is 13.1 Å². The van der Waals surface area contributed by atoms with Gasteiger partial charge in [0, 0.05) is 26.1 Å². The van der Waals surface area contributed by atoms with Gasteiger partial charge < -0.3 is 4.90 Å². The summed E-state index contributed by atoms with van der Waals surface area (Å²) in [5, 5.41) is 8.20. The van der Waals surface area contributed by atoms with E-state index in [-0.39, 0.29) is 17.7 Å². The highest BCUT2D eigenvalue weighted by Gasteiger charge is 2.37. The van der Waals surface area contributed by atoms with Gasteiger partial charge in [-0.2, -0.15) is 4.31 Å². The van der Waals surface area contributed by atoms with Gasteiger partial charge in [-0.15, -0.1) is 5.10 Å². The fraction of sp³-hybridized carbons (Fsp3) is 0.786. The number of rotatable bonds is 7. The van der Waals surface area contributed by atoms with Gasteiger partial charge in [0.2, 0.25) is 15.9 Å². The number of nitrogens with zero attached hydrogens (tertiary/aromatic N) is 5. The second-order valence-electron chi connectivity index (χ2n) is 6.25. The molecule has 128 valence electrons. The molecular weight excluding hydrogens is 318 g/mol. The number of hydrogen-bond acceptors (Lipinski definition) is 5. The molecule has 2 aliphatic rings. The molecule has 0 unspecified atom stereocenters. The quantitative estimate of drug-likeness (QED) is 0.716. The molecule has 1 amide bonds. The molecule has 0 radical (unpaired) electrons. The van der Waals surface area contributed by atoms with E-state index in [0.29, 0.717) is 32.5 Å². The van der Waals surface area contributed by atoms with E-state index in [1.54, 1.807) is 9.58 Å². The Morgan fingerprint density at radius 3 is 2.78 bits per heavy atom. The summed E-state index contributed by atoms with van der Waals surface area (Å²) in [7, 11) is -3.13. The van der Waals surface area contributed by atoms with Crippen LogP contribution in [0.1, 0.15) is 44.3 Å². The first-order chi connectivity index (χ1) is 11.0.